The van der Waals surface area contributed by atoms with Gasteiger partial charge in [0.15, 0.2) is 0 Å². The molecule has 0 aliphatic rings. The van der Waals surface area contributed by atoms with Crippen molar-refractivity contribution in [3.8, 4) is 11.1 Å². The van der Waals surface area contributed by atoms with Gasteiger partial charge < -0.3 is 0 Å². The molecule has 22 heavy (non-hydrogen) atoms. The Morgan fingerprint density at radius 2 is 1.45 bits per heavy atom. The highest BCUT2D eigenvalue weighted by molar-refractivity contribution is 5.61. The first kappa shape index (κ1) is 16.5. The fourth-order valence-electron chi connectivity index (χ4n) is 2.34. The number of halogens is 2. The first-order valence-electron chi connectivity index (χ1n) is 7.52. The van der Waals surface area contributed by atoms with Gasteiger partial charge in [0.2, 0.25) is 0 Å². The van der Waals surface area contributed by atoms with E-state index in [-0.39, 0.29) is 17.4 Å². The van der Waals surface area contributed by atoms with Gasteiger partial charge in [-0.05, 0) is 23.8 Å². The summed E-state index contributed by atoms with van der Waals surface area (Å²) >= 11 is 0. The molecule has 0 radical (unpaired) electrons. The molecule has 0 bridgehead atoms. The molecule has 0 saturated carbocycles. The number of hydrogen-bond acceptors (Lipinski definition) is 2. The smallest absolute Gasteiger partial charge is 0.244 e. The van der Waals surface area contributed by atoms with Crippen LogP contribution in [0.1, 0.15) is 45.6 Å². The van der Waals surface area contributed by atoms with Gasteiger partial charge in [0.1, 0.15) is 6.33 Å². The molecule has 1 aromatic heterocycles. The summed E-state index contributed by atoms with van der Waals surface area (Å²) in [6, 6.07) is 6.40. The highest BCUT2D eigenvalue weighted by atomic mass is 19.3. The lowest BCUT2D eigenvalue weighted by Gasteiger charge is -2.21. The molecular formula is C18H22F2N2. The normalized spacial score (nSPS) is 12.4. The van der Waals surface area contributed by atoms with E-state index in [0.717, 1.165) is 17.5 Å². The summed E-state index contributed by atoms with van der Waals surface area (Å²) in [6.07, 6.45) is 5.99. The van der Waals surface area contributed by atoms with E-state index in [2.05, 4.69) is 30.7 Å². The molecular weight excluding hydrogens is 282 g/mol. The minimum absolute atomic E-state index is 0.0713. The maximum Gasteiger partial charge on any atom is 0.273 e. The molecule has 118 valence electrons. The second-order valence-electron chi connectivity index (χ2n) is 6.82. The van der Waals surface area contributed by atoms with E-state index in [9.17, 15) is 8.78 Å². The molecule has 1 aromatic carbocycles. The van der Waals surface area contributed by atoms with Crippen LogP contribution in [0.5, 0.6) is 0 Å². The van der Waals surface area contributed by atoms with E-state index in [0.29, 0.717) is 6.42 Å². The van der Waals surface area contributed by atoms with E-state index in [1.807, 2.05) is 0 Å². The molecule has 0 atom stereocenters. The van der Waals surface area contributed by atoms with E-state index < -0.39 is 5.92 Å². The molecule has 2 aromatic rings. The average Bonchev–Trinajstić information content (AvgIpc) is 2.47. The van der Waals surface area contributed by atoms with Crippen LogP contribution >= 0.6 is 0 Å². The molecule has 0 aliphatic carbocycles. The summed E-state index contributed by atoms with van der Waals surface area (Å²) in [4.78, 5) is 7.87. The van der Waals surface area contributed by atoms with Crippen LogP contribution in [0.4, 0.5) is 8.78 Å². The Balaban J connectivity index is 2.05. The third-order valence-corrected chi connectivity index (χ3v) is 3.62. The Hall–Kier alpha value is -1.84. The fraction of sp³-hybridized carbons (Fsp3) is 0.444. The average molecular weight is 304 g/mol. The molecule has 0 fully saturated rings. The number of rotatable bonds is 5. The third kappa shape index (κ3) is 4.58. The summed E-state index contributed by atoms with van der Waals surface area (Å²) < 4.78 is 28.5. The molecule has 1 heterocycles. The van der Waals surface area contributed by atoms with Crippen molar-refractivity contribution in [1.29, 1.82) is 0 Å². The van der Waals surface area contributed by atoms with Crippen LogP contribution in [0, 0.1) is 5.41 Å². The Kier molecular flexibility index (Phi) is 4.89. The van der Waals surface area contributed by atoms with Gasteiger partial charge in [0.05, 0.1) is 0 Å². The maximum absolute atomic E-state index is 14.2. The molecule has 0 spiro atoms. The topological polar surface area (TPSA) is 25.8 Å². The van der Waals surface area contributed by atoms with Crippen LogP contribution in [0.2, 0.25) is 0 Å². The van der Waals surface area contributed by atoms with Crippen LogP contribution in [-0.4, -0.2) is 9.97 Å². The number of hydrogen-bond donors (Lipinski definition) is 0. The summed E-state index contributed by atoms with van der Waals surface area (Å²) in [5, 5.41) is 0. The summed E-state index contributed by atoms with van der Waals surface area (Å²) in [5.74, 6) is -2.78. The zero-order valence-corrected chi connectivity index (χ0v) is 13.3. The maximum atomic E-state index is 14.2. The molecule has 0 unspecified atom stereocenters. The van der Waals surface area contributed by atoms with E-state index in [4.69, 9.17) is 0 Å². The highest BCUT2D eigenvalue weighted by Gasteiger charge is 2.31. The molecule has 4 heteroatoms. The van der Waals surface area contributed by atoms with Gasteiger partial charge in [0.25, 0.3) is 5.92 Å². The second kappa shape index (κ2) is 6.51. The Bertz CT molecular complexity index is 587. The lowest BCUT2D eigenvalue weighted by molar-refractivity contribution is -0.0175. The van der Waals surface area contributed by atoms with Gasteiger partial charge in [-0.3, -0.25) is 0 Å². The lowest BCUT2D eigenvalue weighted by Crippen LogP contribution is -2.15. The van der Waals surface area contributed by atoms with Crippen molar-refractivity contribution in [3.05, 3.63) is 48.5 Å². The zero-order valence-electron chi connectivity index (χ0n) is 13.3. The number of nitrogens with zero attached hydrogens (tertiary/aromatic N) is 2. The predicted molar refractivity (Wildman–Crippen MR) is 84.7 cm³/mol. The monoisotopic (exact) mass is 304 g/mol. The van der Waals surface area contributed by atoms with Crippen LogP contribution in [0.15, 0.2) is 43.0 Å². The predicted octanol–water partition coefficient (Wildman–Crippen LogP) is 5.45. The standard InChI is InChI=1S/C18H22F2N2/c1-17(2,3)9-4-10-18(19,20)16-7-5-14(6-8-16)15-11-21-13-22-12-15/h5-8,11-13H,4,9-10H2,1-3H3. The van der Waals surface area contributed by atoms with Crippen molar-refractivity contribution < 1.29 is 8.78 Å². The van der Waals surface area contributed by atoms with Gasteiger partial charge in [-0.2, -0.15) is 0 Å². The van der Waals surface area contributed by atoms with Gasteiger partial charge in [-0.1, -0.05) is 45.0 Å². The van der Waals surface area contributed by atoms with E-state index >= 15 is 0 Å². The van der Waals surface area contributed by atoms with Crippen LogP contribution in [0.3, 0.4) is 0 Å². The van der Waals surface area contributed by atoms with Gasteiger partial charge >= 0.3 is 0 Å². The molecule has 0 aliphatic heterocycles. The fourth-order valence-corrected chi connectivity index (χ4v) is 2.34. The summed E-state index contributed by atoms with van der Waals surface area (Å²) in [5.41, 5.74) is 1.83. The number of alkyl halides is 2. The molecule has 2 rings (SSSR count). The van der Waals surface area contributed by atoms with Crippen molar-refractivity contribution in [1.82, 2.24) is 9.97 Å². The molecule has 2 nitrogen and oxygen atoms in total. The van der Waals surface area contributed by atoms with Crippen molar-refractivity contribution in [2.45, 2.75) is 46.0 Å². The highest BCUT2D eigenvalue weighted by Crippen LogP contribution is 2.36. The van der Waals surface area contributed by atoms with Crippen molar-refractivity contribution in [2.75, 3.05) is 0 Å². The molecule has 0 amide bonds. The van der Waals surface area contributed by atoms with Crippen molar-refractivity contribution in [3.63, 3.8) is 0 Å². The molecule has 0 saturated heterocycles. The SMILES string of the molecule is CC(C)(C)CCCC(F)(F)c1ccc(-c2cncnc2)cc1. The number of aromatic nitrogens is 2. The van der Waals surface area contributed by atoms with E-state index in [1.165, 1.54) is 18.5 Å². The quantitative estimate of drug-likeness (QED) is 0.734. The van der Waals surface area contributed by atoms with Crippen molar-refractivity contribution in [2.24, 2.45) is 5.41 Å². The Morgan fingerprint density at radius 1 is 0.864 bits per heavy atom. The van der Waals surface area contributed by atoms with Crippen molar-refractivity contribution >= 4 is 0 Å². The van der Waals surface area contributed by atoms with Gasteiger partial charge in [-0.25, -0.2) is 18.7 Å². The van der Waals surface area contributed by atoms with Crippen LogP contribution < -0.4 is 0 Å². The first-order chi connectivity index (χ1) is 10.3. The number of benzene rings is 1. The third-order valence-electron chi connectivity index (χ3n) is 3.62. The zero-order chi connectivity index (χ0) is 16.2. The van der Waals surface area contributed by atoms with Gasteiger partial charge in [0, 0.05) is 29.9 Å². The summed E-state index contributed by atoms with van der Waals surface area (Å²) in [6.45, 7) is 6.21. The lowest BCUT2D eigenvalue weighted by atomic mass is 9.88. The van der Waals surface area contributed by atoms with Crippen LogP contribution in [-0.2, 0) is 5.92 Å². The minimum Gasteiger partial charge on any atom is -0.244 e. The summed E-state index contributed by atoms with van der Waals surface area (Å²) in [7, 11) is 0. The minimum atomic E-state index is -2.78. The Labute approximate surface area is 130 Å². The largest absolute Gasteiger partial charge is 0.273 e. The Morgan fingerprint density at radius 3 is 2.00 bits per heavy atom. The molecule has 0 N–H and O–H groups in total. The van der Waals surface area contributed by atoms with Crippen LogP contribution in [0.25, 0.3) is 11.1 Å². The van der Waals surface area contributed by atoms with Gasteiger partial charge in [-0.15, -0.1) is 0 Å². The first-order valence-corrected chi connectivity index (χ1v) is 7.52. The second-order valence-corrected chi connectivity index (χ2v) is 6.82. The van der Waals surface area contributed by atoms with E-state index in [1.54, 1.807) is 24.5 Å².